The summed E-state index contributed by atoms with van der Waals surface area (Å²) in [6.07, 6.45) is -1.46. The van der Waals surface area contributed by atoms with Gasteiger partial charge in [-0.2, -0.15) is 0 Å². The van der Waals surface area contributed by atoms with E-state index < -0.39 is 12.2 Å². The minimum Gasteiger partial charge on any atom is -0.389 e. The summed E-state index contributed by atoms with van der Waals surface area (Å²) in [5, 5.41) is 21.3. The molecule has 3 atom stereocenters. The summed E-state index contributed by atoms with van der Waals surface area (Å²) < 4.78 is 0. The number of carbonyl (C=O) groups excluding carboxylic acids is 1. The lowest BCUT2D eigenvalue weighted by molar-refractivity contribution is -0.125. The van der Waals surface area contributed by atoms with Gasteiger partial charge < -0.3 is 15.5 Å². The molecule has 14 heavy (non-hydrogen) atoms. The van der Waals surface area contributed by atoms with Crippen molar-refractivity contribution in [2.75, 3.05) is 19.6 Å². The number of aliphatic hydroxyl groups excluding tert-OH is 2. The molecule has 1 saturated heterocycles. The molecule has 1 amide bonds. The largest absolute Gasteiger partial charge is 0.389 e. The molecular weight excluding hydrogens is 184 g/mol. The van der Waals surface area contributed by atoms with Crippen LogP contribution < -0.4 is 5.32 Å². The van der Waals surface area contributed by atoms with E-state index in [4.69, 9.17) is 0 Å². The number of β-amino-alcohol motifs (C(OH)–C–C–N with tert-alkyl or cyclic N) is 2. The highest BCUT2D eigenvalue weighted by Gasteiger charge is 2.34. The first-order chi connectivity index (χ1) is 6.56. The summed E-state index contributed by atoms with van der Waals surface area (Å²) in [5.41, 5.74) is 0. The Morgan fingerprint density at radius 2 is 2.00 bits per heavy atom. The maximum atomic E-state index is 11.4. The van der Waals surface area contributed by atoms with Crippen LogP contribution in [0.3, 0.4) is 0 Å². The van der Waals surface area contributed by atoms with Crippen LogP contribution in [0, 0.1) is 0 Å². The second kappa shape index (κ2) is 4.72. The highest BCUT2D eigenvalue weighted by atomic mass is 16.3. The van der Waals surface area contributed by atoms with E-state index in [1.54, 1.807) is 11.8 Å². The van der Waals surface area contributed by atoms with Crippen LogP contribution in [0.15, 0.2) is 0 Å². The first-order valence-corrected chi connectivity index (χ1v) is 4.94. The average molecular weight is 202 g/mol. The average Bonchev–Trinajstić information content (AvgIpc) is 2.46. The highest BCUT2D eigenvalue weighted by molar-refractivity contribution is 5.81. The van der Waals surface area contributed by atoms with Crippen LogP contribution in [-0.4, -0.2) is 58.9 Å². The molecule has 0 aliphatic carbocycles. The maximum Gasteiger partial charge on any atom is 0.237 e. The van der Waals surface area contributed by atoms with E-state index in [2.05, 4.69) is 5.32 Å². The Labute approximate surface area is 83.7 Å². The summed E-state index contributed by atoms with van der Waals surface area (Å²) in [6.45, 7) is 4.95. The third kappa shape index (κ3) is 2.43. The Balaban J connectivity index is 2.46. The monoisotopic (exact) mass is 202 g/mol. The van der Waals surface area contributed by atoms with Crippen LogP contribution in [-0.2, 0) is 4.79 Å². The van der Waals surface area contributed by atoms with Crippen LogP contribution in [0.25, 0.3) is 0 Å². The van der Waals surface area contributed by atoms with Gasteiger partial charge in [-0.15, -0.1) is 0 Å². The summed E-state index contributed by atoms with van der Waals surface area (Å²) >= 11 is 0. The molecule has 0 spiro atoms. The van der Waals surface area contributed by atoms with E-state index in [0.29, 0.717) is 19.6 Å². The second-order valence-electron chi connectivity index (χ2n) is 3.66. The molecule has 1 fully saturated rings. The molecule has 0 bridgehead atoms. The number of likely N-dealkylation sites (tertiary alicyclic amines) is 1. The number of nitrogens with zero attached hydrogens (tertiary/aromatic N) is 1. The number of carbonyl (C=O) groups is 1. The zero-order chi connectivity index (χ0) is 10.7. The Morgan fingerprint density at radius 1 is 1.50 bits per heavy atom. The van der Waals surface area contributed by atoms with Crippen LogP contribution in [0.4, 0.5) is 0 Å². The van der Waals surface area contributed by atoms with E-state index in [9.17, 15) is 15.0 Å². The van der Waals surface area contributed by atoms with Gasteiger partial charge in [0.05, 0.1) is 18.2 Å². The van der Waals surface area contributed by atoms with E-state index in [1.807, 2.05) is 6.92 Å². The number of hydrogen-bond acceptors (Lipinski definition) is 4. The van der Waals surface area contributed by atoms with Crippen molar-refractivity contribution in [1.29, 1.82) is 0 Å². The Hall–Kier alpha value is -0.650. The summed E-state index contributed by atoms with van der Waals surface area (Å²) in [5.74, 6) is -0.0613. The van der Waals surface area contributed by atoms with Crippen molar-refractivity contribution in [2.45, 2.75) is 32.1 Å². The van der Waals surface area contributed by atoms with E-state index in [-0.39, 0.29) is 11.9 Å². The number of aliphatic hydroxyl groups is 2. The van der Waals surface area contributed by atoms with E-state index in [1.165, 1.54) is 0 Å². The van der Waals surface area contributed by atoms with Gasteiger partial charge in [0.15, 0.2) is 0 Å². The standard InChI is InChI=1S/C9H18N2O3/c1-3-10-9(14)6(2)11-4-7(12)8(13)5-11/h6-8,12-13H,3-5H2,1-2H3,(H,10,14)/t6?,7-,8+. The molecule has 1 rings (SSSR count). The second-order valence-corrected chi connectivity index (χ2v) is 3.66. The predicted octanol–water partition coefficient (Wildman–Crippen LogP) is -1.45. The predicted molar refractivity (Wildman–Crippen MR) is 51.7 cm³/mol. The molecule has 5 heteroatoms. The number of nitrogens with one attached hydrogen (secondary N) is 1. The summed E-state index contributed by atoms with van der Waals surface area (Å²) in [7, 11) is 0. The number of hydrogen-bond donors (Lipinski definition) is 3. The van der Waals surface area contributed by atoms with Crippen LogP contribution >= 0.6 is 0 Å². The molecular formula is C9H18N2O3. The van der Waals surface area contributed by atoms with Gasteiger partial charge >= 0.3 is 0 Å². The van der Waals surface area contributed by atoms with Gasteiger partial charge in [-0.1, -0.05) is 0 Å². The lowest BCUT2D eigenvalue weighted by Crippen LogP contribution is -2.44. The van der Waals surface area contributed by atoms with Gasteiger partial charge in [0.2, 0.25) is 5.91 Å². The van der Waals surface area contributed by atoms with E-state index in [0.717, 1.165) is 0 Å². The third-order valence-electron chi connectivity index (χ3n) is 2.57. The highest BCUT2D eigenvalue weighted by Crippen LogP contribution is 2.13. The van der Waals surface area contributed by atoms with Gasteiger partial charge in [0, 0.05) is 19.6 Å². The van der Waals surface area contributed by atoms with Gasteiger partial charge in [-0.3, -0.25) is 9.69 Å². The minimum atomic E-state index is -0.730. The number of rotatable bonds is 3. The lowest BCUT2D eigenvalue weighted by atomic mass is 10.3. The first-order valence-electron chi connectivity index (χ1n) is 4.94. The van der Waals surface area contributed by atoms with Gasteiger partial charge in [-0.05, 0) is 13.8 Å². The zero-order valence-corrected chi connectivity index (χ0v) is 8.60. The maximum absolute atomic E-state index is 11.4. The minimum absolute atomic E-state index is 0.0613. The molecule has 1 aliphatic rings. The molecule has 0 saturated carbocycles. The Kier molecular flexibility index (Phi) is 3.86. The molecule has 0 aromatic heterocycles. The molecule has 1 heterocycles. The fraction of sp³-hybridized carbons (Fsp3) is 0.889. The van der Waals surface area contributed by atoms with Gasteiger partial charge in [0.25, 0.3) is 0 Å². The Morgan fingerprint density at radius 3 is 2.43 bits per heavy atom. The van der Waals surface area contributed by atoms with Crippen molar-refractivity contribution < 1.29 is 15.0 Å². The molecule has 82 valence electrons. The normalized spacial score (nSPS) is 30.3. The number of amides is 1. The molecule has 5 nitrogen and oxygen atoms in total. The first kappa shape index (κ1) is 11.4. The smallest absolute Gasteiger partial charge is 0.237 e. The molecule has 1 aliphatic heterocycles. The van der Waals surface area contributed by atoms with Crippen LogP contribution in [0.1, 0.15) is 13.8 Å². The molecule has 3 N–H and O–H groups in total. The number of likely N-dealkylation sites (N-methyl/N-ethyl adjacent to an activating group) is 1. The van der Waals surface area contributed by atoms with E-state index >= 15 is 0 Å². The fourth-order valence-corrected chi connectivity index (χ4v) is 1.60. The lowest BCUT2D eigenvalue weighted by Gasteiger charge is -2.22. The topological polar surface area (TPSA) is 72.8 Å². The van der Waals surface area contributed by atoms with Crippen molar-refractivity contribution in [3.63, 3.8) is 0 Å². The van der Waals surface area contributed by atoms with Crippen molar-refractivity contribution in [2.24, 2.45) is 0 Å². The van der Waals surface area contributed by atoms with Crippen molar-refractivity contribution in [1.82, 2.24) is 10.2 Å². The van der Waals surface area contributed by atoms with Crippen molar-refractivity contribution in [3.05, 3.63) is 0 Å². The summed E-state index contributed by atoms with van der Waals surface area (Å²) in [4.78, 5) is 13.2. The third-order valence-corrected chi connectivity index (χ3v) is 2.57. The van der Waals surface area contributed by atoms with Crippen LogP contribution in [0.2, 0.25) is 0 Å². The van der Waals surface area contributed by atoms with Gasteiger partial charge in [0.1, 0.15) is 0 Å². The zero-order valence-electron chi connectivity index (χ0n) is 8.60. The fourth-order valence-electron chi connectivity index (χ4n) is 1.60. The summed E-state index contributed by atoms with van der Waals surface area (Å²) in [6, 6.07) is -0.290. The van der Waals surface area contributed by atoms with Crippen molar-refractivity contribution in [3.8, 4) is 0 Å². The SMILES string of the molecule is CCNC(=O)C(C)N1C[C@@H](O)[C@@H](O)C1. The Bertz CT molecular complexity index is 200. The molecule has 0 aromatic carbocycles. The van der Waals surface area contributed by atoms with Crippen molar-refractivity contribution >= 4 is 5.91 Å². The van der Waals surface area contributed by atoms with Crippen LogP contribution in [0.5, 0.6) is 0 Å². The molecule has 0 aromatic rings. The molecule has 0 radical (unpaired) electrons. The quantitative estimate of drug-likeness (QED) is 0.523. The van der Waals surface area contributed by atoms with Gasteiger partial charge in [-0.25, -0.2) is 0 Å². The molecule has 1 unspecified atom stereocenters.